The van der Waals surface area contributed by atoms with Crippen molar-refractivity contribution in [3.8, 4) is 0 Å². The first-order valence-electron chi connectivity index (χ1n) is 6.49. The maximum absolute atomic E-state index is 10.2. The van der Waals surface area contributed by atoms with Gasteiger partial charge in [-0.05, 0) is 11.6 Å². The largest absolute Gasteiger partial charge is 0.386 e. The van der Waals surface area contributed by atoms with Crippen LogP contribution in [0.2, 0.25) is 0 Å². The van der Waals surface area contributed by atoms with E-state index in [0.717, 1.165) is 18.7 Å². The molecule has 98 valence electrons. The highest BCUT2D eigenvalue weighted by Gasteiger charge is 2.32. The topological polar surface area (TPSA) is 41.5 Å². The summed E-state index contributed by atoms with van der Waals surface area (Å²) in [7, 11) is 0. The summed E-state index contributed by atoms with van der Waals surface area (Å²) >= 11 is 1.93. The second kappa shape index (κ2) is 5.21. The molecule has 2 aliphatic heterocycles. The maximum Gasteiger partial charge on any atom is 0.102 e. The third-order valence-electron chi connectivity index (χ3n) is 3.73. The van der Waals surface area contributed by atoms with Crippen molar-refractivity contribution >= 4 is 11.8 Å². The average molecular weight is 265 g/mol. The molecule has 0 radical (unpaired) electrons. The molecular formula is C14H19NO2S. The van der Waals surface area contributed by atoms with E-state index >= 15 is 0 Å². The van der Waals surface area contributed by atoms with Crippen molar-refractivity contribution < 1.29 is 9.84 Å². The Morgan fingerprint density at radius 3 is 3.17 bits per heavy atom. The third-order valence-corrected chi connectivity index (χ3v) is 4.98. The van der Waals surface area contributed by atoms with Crippen LogP contribution in [0.3, 0.4) is 0 Å². The highest BCUT2D eigenvalue weighted by atomic mass is 32.2. The Kier molecular flexibility index (Phi) is 3.61. The van der Waals surface area contributed by atoms with Gasteiger partial charge in [-0.1, -0.05) is 18.2 Å². The first-order valence-corrected chi connectivity index (χ1v) is 7.48. The van der Waals surface area contributed by atoms with Crippen LogP contribution in [0, 0.1) is 0 Å². The number of thioether (sulfide) groups is 1. The normalized spacial score (nSPS) is 30.6. The van der Waals surface area contributed by atoms with Gasteiger partial charge in [0.05, 0.1) is 6.61 Å². The summed E-state index contributed by atoms with van der Waals surface area (Å²) in [5, 5.41) is 13.6. The lowest BCUT2D eigenvalue weighted by atomic mass is 10.00. The number of hydrogen-bond acceptors (Lipinski definition) is 4. The Balaban J connectivity index is 1.53. The maximum atomic E-state index is 10.2. The molecule has 4 heteroatoms. The molecule has 2 aliphatic rings. The van der Waals surface area contributed by atoms with Gasteiger partial charge in [-0.15, -0.1) is 11.8 Å². The molecule has 2 atom stereocenters. The number of benzene rings is 1. The molecule has 1 fully saturated rings. The van der Waals surface area contributed by atoms with Crippen molar-refractivity contribution in [2.24, 2.45) is 0 Å². The third kappa shape index (κ3) is 2.57. The number of ether oxygens (including phenoxy) is 1. The minimum absolute atomic E-state index is 0.468. The van der Waals surface area contributed by atoms with Crippen LogP contribution < -0.4 is 5.32 Å². The molecule has 0 amide bonds. The van der Waals surface area contributed by atoms with Crippen molar-refractivity contribution in [2.45, 2.75) is 22.8 Å². The quantitative estimate of drug-likeness (QED) is 0.868. The van der Waals surface area contributed by atoms with Gasteiger partial charge >= 0.3 is 0 Å². The van der Waals surface area contributed by atoms with Crippen LogP contribution in [0.15, 0.2) is 29.2 Å². The van der Waals surface area contributed by atoms with E-state index in [9.17, 15) is 5.11 Å². The summed E-state index contributed by atoms with van der Waals surface area (Å²) in [6.07, 6.45) is 0.746. The predicted octanol–water partition coefficient (Wildman–Crippen LogP) is 1.62. The molecule has 1 aromatic rings. The Hall–Kier alpha value is -0.550. The molecule has 0 spiro atoms. The summed E-state index contributed by atoms with van der Waals surface area (Å²) < 4.78 is 5.24. The van der Waals surface area contributed by atoms with Crippen LogP contribution in [-0.2, 0) is 4.74 Å². The number of aliphatic hydroxyl groups is 1. The van der Waals surface area contributed by atoms with Crippen LogP contribution in [-0.4, -0.2) is 42.8 Å². The summed E-state index contributed by atoms with van der Waals surface area (Å²) in [6.45, 7) is 2.72. The first-order chi connectivity index (χ1) is 8.77. The van der Waals surface area contributed by atoms with Gasteiger partial charge in [0.25, 0.3) is 0 Å². The van der Waals surface area contributed by atoms with Crippen LogP contribution in [0.5, 0.6) is 0 Å². The van der Waals surface area contributed by atoms with E-state index < -0.39 is 5.60 Å². The van der Waals surface area contributed by atoms with Crippen molar-refractivity contribution in [2.75, 3.05) is 32.1 Å². The van der Waals surface area contributed by atoms with E-state index in [1.54, 1.807) is 0 Å². The van der Waals surface area contributed by atoms with Gasteiger partial charge in [0.1, 0.15) is 5.60 Å². The predicted molar refractivity (Wildman–Crippen MR) is 73.2 cm³/mol. The zero-order chi connectivity index (χ0) is 12.4. The Morgan fingerprint density at radius 2 is 2.33 bits per heavy atom. The molecule has 1 aromatic carbocycles. The number of rotatable bonds is 4. The molecule has 2 unspecified atom stereocenters. The fraction of sp³-hybridized carbons (Fsp3) is 0.571. The van der Waals surface area contributed by atoms with Gasteiger partial charge in [-0.2, -0.15) is 0 Å². The van der Waals surface area contributed by atoms with Crippen LogP contribution in [0.25, 0.3) is 0 Å². The standard InChI is InChI=1S/C14H19NO2S/c16-14(5-6-17-10-14)9-15-7-11-8-18-13-4-2-1-3-12(11)13/h1-4,11,15-16H,5-10H2. The highest BCUT2D eigenvalue weighted by molar-refractivity contribution is 7.99. The van der Waals surface area contributed by atoms with Crippen molar-refractivity contribution in [3.63, 3.8) is 0 Å². The highest BCUT2D eigenvalue weighted by Crippen LogP contribution is 2.38. The Bertz CT molecular complexity index is 418. The molecule has 1 saturated heterocycles. The summed E-state index contributed by atoms with van der Waals surface area (Å²) in [5.74, 6) is 1.71. The van der Waals surface area contributed by atoms with E-state index in [2.05, 4.69) is 29.6 Å². The summed E-state index contributed by atoms with van der Waals surface area (Å²) in [6, 6.07) is 8.61. The molecule has 0 aliphatic carbocycles. The second-order valence-corrected chi connectivity index (χ2v) is 6.27. The van der Waals surface area contributed by atoms with Crippen LogP contribution >= 0.6 is 11.8 Å². The molecule has 2 N–H and O–H groups in total. The average Bonchev–Trinajstić information content (AvgIpc) is 2.97. The smallest absolute Gasteiger partial charge is 0.102 e. The number of fused-ring (bicyclic) bond motifs is 1. The first kappa shape index (κ1) is 12.5. The fourth-order valence-corrected chi connectivity index (χ4v) is 3.87. The molecule has 0 bridgehead atoms. The zero-order valence-electron chi connectivity index (χ0n) is 10.4. The van der Waals surface area contributed by atoms with Gasteiger partial charge in [-0.25, -0.2) is 0 Å². The molecule has 2 heterocycles. The van der Waals surface area contributed by atoms with E-state index in [4.69, 9.17) is 4.74 Å². The van der Waals surface area contributed by atoms with E-state index in [1.807, 2.05) is 11.8 Å². The zero-order valence-corrected chi connectivity index (χ0v) is 11.2. The second-order valence-electron chi connectivity index (χ2n) is 5.20. The van der Waals surface area contributed by atoms with Crippen LogP contribution in [0.4, 0.5) is 0 Å². The molecule has 0 saturated carbocycles. The minimum atomic E-state index is -0.648. The van der Waals surface area contributed by atoms with Crippen molar-refractivity contribution in [1.29, 1.82) is 0 Å². The lowest BCUT2D eigenvalue weighted by Crippen LogP contribution is -2.42. The van der Waals surface area contributed by atoms with E-state index in [1.165, 1.54) is 10.5 Å². The summed E-state index contributed by atoms with van der Waals surface area (Å²) in [4.78, 5) is 1.41. The lowest BCUT2D eigenvalue weighted by Gasteiger charge is -2.22. The summed E-state index contributed by atoms with van der Waals surface area (Å²) in [5.41, 5.74) is 0.801. The SMILES string of the molecule is OC1(CNCC2CSc3ccccc32)CCOC1. The van der Waals surface area contributed by atoms with Crippen LogP contribution in [0.1, 0.15) is 17.9 Å². The van der Waals surface area contributed by atoms with Gasteiger partial charge in [0.2, 0.25) is 0 Å². The number of nitrogens with one attached hydrogen (secondary N) is 1. The van der Waals surface area contributed by atoms with Gasteiger partial charge in [0, 0.05) is 42.7 Å². The van der Waals surface area contributed by atoms with Gasteiger partial charge in [0.15, 0.2) is 0 Å². The Labute approximate surface area is 112 Å². The molecule has 3 rings (SSSR count). The van der Waals surface area contributed by atoms with Gasteiger partial charge in [-0.3, -0.25) is 0 Å². The van der Waals surface area contributed by atoms with Gasteiger partial charge < -0.3 is 15.2 Å². The van der Waals surface area contributed by atoms with E-state index in [-0.39, 0.29) is 0 Å². The number of hydrogen-bond donors (Lipinski definition) is 2. The minimum Gasteiger partial charge on any atom is -0.386 e. The van der Waals surface area contributed by atoms with Crippen molar-refractivity contribution in [3.05, 3.63) is 29.8 Å². The van der Waals surface area contributed by atoms with Crippen molar-refractivity contribution in [1.82, 2.24) is 5.32 Å². The Morgan fingerprint density at radius 1 is 1.44 bits per heavy atom. The molecule has 3 nitrogen and oxygen atoms in total. The molecular weight excluding hydrogens is 246 g/mol. The fourth-order valence-electron chi connectivity index (χ4n) is 2.61. The molecule has 0 aromatic heterocycles. The molecule has 18 heavy (non-hydrogen) atoms. The lowest BCUT2D eigenvalue weighted by molar-refractivity contribution is 0.0270. The monoisotopic (exact) mass is 265 g/mol. The van der Waals surface area contributed by atoms with E-state index in [0.29, 0.717) is 25.7 Å².